The van der Waals surface area contributed by atoms with Gasteiger partial charge in [-0.1, -0.05) is 0 Å². The fraction of sp³-hybridized carbons (Fsp3) is 0.688. The molecule has 1 aromatic rings. The van der Waals surface area contributed by atoms with Crippen LogP contribution in [0.15, 0.2) is 12.1 Å². The number of pyridine rings is 1. The Morgan fingerprint density at radius 2 is 1.92 bits per heavy atom. The van der Waals surface area contributed by atoms with E-state index < -0.39 is 12.7 Å². The van der Waals surface area contributed by atoms with Crippen LogP contribution < -0.4 is 15.1 Å². The van der Waals surface area contributed by atoms with Crippen molar-refractivity contribution in [3.05, 3.63) is 12.1 Å². The summed E-state index contributed by atoms with van der Waals surface area (Å²) in [6, 6.07) is 4.02. The van der Waals surface area contributed by atoms with E-state index in [2.05, 4.69) is 15.1 Å². The van der Waals surface area contributed by atoms with Crippen molar-refractivity contribution >= 4 is 17.3 Å². The largest absolute Gasteiger partial charge is 0.401 e. The predicted octanol–water partition coefficient (Wildman–Crippen LogP) is 2.41. The van der Waals surface area contributed by atoms with Crippen LogP contribution in [0, 0.1) is 0 Å². The average molecular weight is 343 g/mol. The van der Waals surface area contributed by atoms with Gasteiger partial charge >= 0.3 is 6.18 Å². The molecule has 3 heterocycles. The molecule has 1 fully saturated rings. The number of aromatic nitrogens is 1. The lowest BCUT2D eigenvalue weighted by molar-refractivity contribution is -0.145. The summed E-state index contributed by atoms with van der Waals surface area (Å²) in [5.74, 6) is 1.70. The van der Waals surface area contributed by atoms with Gasteiger partial charge in [0.2, 0.25) is 0 Å². The van der Waals surface area contributed by atoms with Crippen LogP contribution in [0.5, 0.6) is 0 Å². The predicted molar refractivity (Wildman–Crippen MR) is 89.9 cm³/mol. The summed E-state index contributed by atoms with van der Waals surface area (Å²) in [7, 11) is 2.05. The van der Waals surface area contributed by atoms with Crippen molar-refractivity contribution in [2.75, 3.05) is 68.0 Å². The fourth-order valence-corrected chi connectivity index (χ4v) is 3.31. The van der Waals surface area contributed by atoms with Crippen molar-refractivity contribution < 1.29 is 13.2 Å². The van der Waals surface area contributed by atoms with Crippen LogP contribution in [0.2, 0.25) is 0 Å². The van der Waals surface area contributed by atoms with E-state index in [1.54, 1.807) is 0 Å². The minimum atomic E-state index is -4.13. The highest BCUT2D eigenvalue weighted by Gasteiger charge is 2.31. The SMILES string of the molecule is CN1CCCNc2nc(N3CCCN(CC(F)(F)F)CC3)ccc21. The van der Waals surface area contributed by atoms with Crippen LogP contribution in [-0.4, -0.2) is 68.9 Å². The molecule has 0 spiro atoms. The number of halogens is 3. The highest BCUT2D eigenvalue weighted by atomic mass is 19.4. The molecule has 0 unspecified atom stereocenters. The topological polar surface area (TPSA) is 34.6 Å². The highest BCUT2D eigenvalue weighted by molar-refractivity contribution is 5.69. The molecule has 134 valence electrons. The van der Waals surface area contributed by atoms with Gasteiger partial charge in [0.15, 0.2) is 5.82 Å². The summed E-state index contributed by atoms with van der Waals surface area (Å²) in [6.07, 6.45) is -2.37. The standard InChI is InChI=1S/C16H24F3N5/c1-22-7-2-6-20-15-13(22)4-5-14(21-15)24-9-3-8-23(10-11-24)12-16(17,18)19/h4-5H,2-3,6-12H2,1H3,(H,20,21). The first-order valence-electron chi connectivity index (χ1n) is 8.42. The Morgan fingerprint density at radius 3 is 2.71 bits per heavy atom. The van der Waals surface area contributed by atoms with Gasteiger partial charge in [-0.2, -0.15) is 13.2 Å². The smallest absolute Gasteiger partial charge is 0.372 e. The second-order valence-electron chi connectivity index (χ2n) is 6.47. The third-order valence-corrected chi connectivity index (χ3v) is 4.55. The number of rotatable bonds is 2. The van der Waals surface area contributed by atoms with Crippen LogP contribution in [0.1, 0.15) is 12.8 Å². The number of nitrogens with zero attached hydrogens (tertiary/aromatic N) is 4. The highest BCUT2D eigenvalue weighted by Crippen LogP contribution is 2.29. The first-order valence-corrected chi connectivity index (χ1v) is 8.42. The van der Waals surface area contributed by atoms with Crippen LogP contribution in [0.25, 0.3) is 0 Å². The molecule has 2 aliphatic rings. The number of fused-ring (bicyclic) bond motifs is 1. The minimum absolute atomic E-state index is 0.408. The third kappa shape index (κ3) is 4.23. The van der Waals surface area contributed by atoms with Crippen LogP contribution in [-0.2, 0) is 0 Å². The minimum Gasteiger partial charge on any atom is -0.372 e. The molecule has 0 bridgehead atoms. The number of anilines is 3. The molecule has 5 nitrogen and oxygen atoms in total. The van der Waals surface area contributed by atoms with E-state index in [-0.39, 0.29) is 0 Å². The van der Waals surface area contributed by atoms with Gasteiger partial charge in [-0.25, -0.2) is 4.98 Å². The Morgan fingerprint density at radius 1 is 1.08 bits per heavy atom. The first-order chi connectivity index (χ1) is 11.4. The average Bonchev–Trinajstić information content (AvgIpc) is 2.84. The van der Waals surface area contributed by atoms with Gasteiger partial charge < -0.3 is 15.1 Å². The lowest BCUT2D eigenvalue weighted by atomic mass is 10.3. The number of hydrogen-bond acceptors (Lipinski definition) is 5. The van der Waals surface area contributed by atoms with Crippen molar-refractivity contribution in [1.82, 2.24) is 9.88 Å². The van der Waals surface area contributed by atoms with Gasteiger partial charge in [0.1, 0.15) is 5.82 Å². The van der Waals surface area contributed by atoms with Crippen LogP contribution >= 0.6 is 0 Å². The lowest BCUT2D eigenvalue weighted by Gasteiger charge is -2.25. The molecule has 2 aliphatic heterocycles. The Hall–Kier alpha value is -1.70. The molecule has 0 aromatic carbocycles. The van der Waals surface area contributed by atoms with Gasteiger partial charge in [-0.15, -0.1) is 0 Å². The van der Waals surface area contributed by atoms with Gasteiger partial charge in [0.05, 0.1) is 12.2 Å². The first kappa shape index (κ1) is 17.1. The molecule has 8 heteroatoms. The van der Waals surface area contributed by atoms with Crippen molar-refractivity contribution in [3.8, 4) is 0 Å². The molecular formula is C16H24F3N5. The summed E-state index contributed by atoms with van der Waals surface area (Å²) in [5.41, 5.74) is 1.07. The van der Waals surface area contributed by atoms with Gasteiger partial charge in [0, 0.05) is 46.3 Å². The maximum absolute atomic E-state index is 12.6. The zero-order valence-electron chi connectivity index (χ0n) is 13.9. The van der Waals surface area contributed by atoms with Gasteiger partial charge in [-0.05, 0) is 25.0 Å². The summed E-state index contributed by atoms with van der Waals surface area (Å²) in [4.78, 5) is 10.5. The maximum atomic E-state index is 12.6. The Labute approximate surface area is 140 Å². The normalized spacial score (nSPS) is 20.2. The molecule has 1 N–H and O–H groups in total. The van der Waals surface area contributed by atoms with Gasteiger partial charge in [-0.3, -0.25) is 4.90 Å². The third-order valence-electron chi connectivity index (χ3n) is 4.55. The Bertz CT molecular complexity index is 563. The van der Waals surface area contributed by atoms with Crippen LogP contribution in [0.4, 0.5) is 30.5 Å². The van der Waals surface area contributed by atoms with E-state index in [1.165, 1.54) is 4.90 Å². The summed E-state index contributed by atoms with van der Waals surface area (Å²) >= 11 is 0. The molecule has 0 saturated carbocycles. The zero-order valence-corrected chi connectivity index (χ0v) is 13.9. The molecule has 0 amide bonds. The number of alkyl halides is 3. The molecule has 3 rings (SSSR count). The van der Waals surface area contributed by atoms with Crippen LogP contribution in [0.3, 0.4) is 0 Å². The Kier molecular flexibility index (Phi) is 5.03. The quantitative estimate of drug-likeness (QED) is 0.892. The van der Waals surface area contributed by atoms with E-state index in [4.69, 9.17) is 4.98 Å². The second kappa shape index (κ2) is 7.04. The van der Waals surface area contributed by atoms with Crippen molar-refractivity contribution in [2.24, 2.45) is 0 Å². The Balaban J connectivity index is 1.70. The molecule has 0 aliphatic carbocycles. The summed E-state index contributed by atoms with van der Waals surface area (Å²) in [5, 5.41) is 3.35. The van der Waals surface area contributed by atoms with E-state index >= 15 is 0 Å². The van der Waals surface area contributed by atoms with E-state index in [0.717, 1.165) is 43.4 Å². The molecular weight excluding hydrogens is 319 g/mol. The molecule has 1 saturated heterocycles. The molecule has 0 atom stereocenters. The van der Waals surface area contributed by atoms with E-state index in [0.29, 0.717) is 26.1 Å². The lowest BCUT2D eigenvalue weighted by Crippen LogP contribution is -2.37. The van der Waals surface area contributed by atoms with Crippen molar-refractivity contribution in [1.29, 1.82) is 0 Å². The summed E-state index contributed by atoms with van der Waals surface area (Å²) < 4.78 is 37.7. The molecule has 0 radical (unpaired) electrons. The van der Waals surface area contributed by atoms with Gasteiger partial charge in [0.25, 0.3) is 0 Å². The van der Waals surface area contributed by atoms with Crippen molar-refractivity contribution in [2.45, 2.75) is 19.0 Å². The van der Waals surface area contributed by atoms with Crippen molar-refractivity contribution in [3.63, 3.8) is 0 Å². The fourth-order valence-electron chi connectivity index (χ4n) is 3.31. The molecule has 1 aromatic heterocycles. The molecule has 24 heavy (non-hydrogen) atoms. The zero-order chi connectivity index (χ0) is 17.2. The number of hydrogen-bond donors (Lipinski definition) is 1. The van der Waals surface area contributed by atoms with E-state index in [9.17, 15) is 13.2 Å². The summed E-state index contributed by atoms with van der Waals surface area (Å²) in [6.45, 7) is 3.22. The maximum Gasteiger partial charge on any atom is 0.401 e. The number of nitrogens with one attached hydrogen (secondary N) is 1. The monoisotopic (exact) mass is 343 g/mol. The second-order valence-corrected chi connectivity index (χ2v) is 6.47. The van der Waals surface area contributed by atoms with E-state index in [1.807, 2.05) is 19.2 Å².